The van der Waals surface area contributed by atoms with Gasteiger partial charge < -0.3 is 9.88 Å². The van der Waals surface area contributed by atoms with Gasteiger partial charge in [-0.25, -0.2) is 0 Å². The van der Waals surface area contributed by atoms with Gasteiger partial charge in [0.05, 0.1) is 5.52 Å². The molecule has 1 unspecified atom stereocenters. The number of benzene rings is 2. The van der Waals surface area contributed by atoms with Crippen LogP contribution in [0, 0.1) is 6.92 Å². The van der Waals surface area contributed by atoms with Crippen LogP contribution >= 0.6 is 11.6 Å². The van der Waals surface area contributed by atoms with Crippen molar-refractivity contribution in [1.29, 1.82) is 0 Å². The number of para-hydroxylation sites is 1. The molecule has 0 saturated carbocycles. The number of nitrogens with zero attached hydrogens (tertiary/aromatic N) is 1. The van der Waals surface area contributed by atoms with Gasteiger partial charge in [-0.15, -0.1) is 0 Å². The molecule has 3 aromatic rings. The van der Waals surface area contributed by atoms with Crippen LogP contribution in [0.3, 0.4) is 0 Å². The lowest BCUT2D eigenvalue weighted by atomic mass is 10.1. The maximum atomic E-state index is 12.9. The maximum absolute atomic E-state index is 12.9. The molecular formula is C20H17ClN2O2. The summed E-state index contributed by atoms with van der Waals surface area (Å²) in [5.74, 6) is -0.412. The third kappa shape index (κ3) is 2.45. The van der Waals surface area contributed by atoms with Crippen LogP contribution in [-0.4, -0.2) is 10.5 Å². The normalized spacial score (nSPS) is 15.6. The van der Waals surface area contributed by atoms with Crippen molar-refractivity contribution in [1.82, 2.24) is 4.57 Å². The molecule has 0 bridgehead atoms. The second-order valence-corrected chi connectivity index (χ2v) is 6.92. The number of pyridine rings is 1. The van der Waals surface area contributed by atoms with Crippen LogP contribution in [0.1, 0.15) is 34.5 Å². The second kappa shape index (κ2) is 5.74. The molecule has 2 aromatic carbocycles. The maximum Gasteiger partial charge on any atom is 0.261 e. The summed E-state index contributed by atoms with van der Waals surface area (Å²) in [5, 5.41) is 3.99. The molecule has 1 aliphatic rings. The highest BCUT2D eigenvalue weighted by atomic mass is 35.5. The van der Waals surface area contributed by atoms with Gasteiger partial charge in [0.1, 0.15) is 5.56 Å². The summed E-state index contributed by atoms with van der Waals surface area (Å²) in [4.78, 5) is 25.6. The molecule has 0 saturated heterocycles. The van der Waals surface area contributed by atoms with E-state index in [9.17, 15) is 9.59 Å². The number of halogens is 1. The van der Waals surface area contributed by atoms with Gasteiger partial charge >= 0.3 is 0 Å². The summed E-state index contributed by atoms with van der Waals surface area (Å²) in [6.07, 6.45) is 2.55. The molecule has 1 aromatic heterocycles. The smallest absolute Gasteiger partial charge is 0.261 e. The minimum atomic E-state index is -0.412. The van der Waals surface area contributed by atoms with Gasteiger partial charge in [0, 0.05) is 28.3 Å². The largest absolute Gasteiger partial charge is 0.343 e. The SMILES string of the molecule is Cc1c(Cl)cccc1NC(=O)c1cn2c3c(cccc3c1=O)CC2C. The Bertz CT molecular complexity index is 1080. The van der Waals surface area contributed by atoms with Gasteiger partial charge in [0.2, 0.25) is 5.43 Å². The van der Waals surface area contributed by atoms with Crippen LogP contribution in [0.2, 0.25) is 5.02 Å². The monoisotopic (exact) mass is 352 g/mol. The van der Waals surface area contributed by atoms with Gasteiger partial charge in [-0.2, -0.15) is 0 Å². The van der Waals surface area contributed by atoms with E-state index in [0.29, 0.717) is 16.1 Å². The van der Waals surface area contributed by atoms with Gasteiger partial charge in [-0.05, 0) is 49.6 Å². The number of carbonyl (C=O) groups is 1. The minimum Gasteiger partial charge on any atom is -0.343 e. The van der Waals surface area contributed by atoms with Crippen molar-refractivity contribution < 1.29 is 4.79 Å². The summed E-state index contributed by atoms with van der Waals surface area (Å²) in [5.41, 5.74) is 3.39. The van der Waals surface area contributed by atoms with Crippen molar-refractivity contribution in [2.75, 3.05) is 5.32 Å². The predicted molar refractivity (Wildman–Crippen MR) is 101 cm³/mol. The van der Waals surface area contributed by atoms with Crippen molar-refractivity contribution in [3.05, 3.63) is 74.5 Å². The average molecular weight is 353 g/mol. The van der Waals surface area contributed by atoms with E-state index in [0.717, 1.165) is 23.1 Å². The minimum absolute atomic E-state index is 0.151. The van der Waals surface area contributed by atoms with Crippen LogP contribution in [0.25, 0.3) is 10.9 Å². The first-order valence-electron chi connectivity index (χ1n) is 8.20. The van der Waals surface area contributed by atoms with E-state index in [2.05, 4.69) is 12.2 Å². The molecule has 0 spiro atoms. The molecule has 4 nitrogen and oxygen atoms in total. The summed E-state index contributed by atoms with van der Waals surface area (Å²) in [6, 6.07) is 11.2. The Morgan fingerprint density at radius 1 is 1.24 bits per heavy atom. The van der Waals surface area contributed by atoms with E-state index >= 15 is 0 Å². The van der Waals surface area contributed by atoms with Gasteiger partial charge in [0.25, 0.3) is 5.91 Å². The van der Waals surface area contributed by atoms with Crippen molar-refractivity contribution >= 4 is 34.1 Å². The number of amides is 1. The Kier molecular flexibility index (Phi) is 3.65. The van der Waals surface area contributed by atoms with Crippen LogP contribution in [-0.2, 0) is 6.42 Å². The molecule has 0 radical (unpaired) electrons. The number of hydrogen-bond donors (Lipinski definition) is 1. The molecule has 4 rings (SSSR count). The van der Waals surface area contributed by atoms with Gasteiger partial charge in [-0.1, -0.05) is 29.8 Å². The molecule has 25 heavy (non-hydrogen) atoms. The zero-order valence-corrected chi connectivity index (χ0v) is 14.7. The molecular weight excluding hydrogens is 336 g/mol. The fourth-order valence-electron chi connectivity index (χ4n) is 3.51. The fourth-order valence-corrected chi connectivity index (χ4v) is 3.68. The Morgan fingerprint density at radius 2 is 2.00 bits per heavy atom. The Labute approximate surface area is 150 Å². The first kappa shape index (κ1) is 15.9. The molecule has 1 atom stereocenters. The zero-order chi connectivity index (χ0) is 17.7. The first-order chi connectivity index (χ1) is 12.0. The Morgan fingerprint density at radius 3 is 2.80 bits per heavy atom. The summed E-state index contributed by atoms with van der Waals surface area (Å²) < 4.78 is 2.03. The number of carbonyl (C=O) groups excluding carboxylic acids is 1. The number of aromatic nitrogens is 1. The first-order valence-corrected chi connectivity index (χ1v) is 8.58. The van der Waals surface area contributed by atoms with Crippen LogP contribution in [0.4, 0.5) is 5.69 Å². The summed E-state index contributed by atoms with van der Waals surface area (Å²) in [7, 11) is 0. The molecule has 5 heteroatoms. The van der Waals surface area contributed by atoms with Crippen molar-refractivity contribution in [2.45, 2.75) is 26.3 Å². The van der Waals surface area contributed by atoms with E-state index in [1.165, 1.54) is 0 Å². The summed E-state index contributed by atoms with van der Waals surface area (Å²) in [6.45, 7) is 3.92. The number of anilines is 1. The Balaban J connectivity index is 1.83. The highest BCUT2D eigenvalue weighted by molar-refractivity contribution is 6.31. The fraction of sp³-hybridized carbons (Fsp3) is 0.200. The molecule has 1 N–H and O–H groups in total. The van der Waals surface area contributed by atoms with E-state index < -0.39 is 5.91 Å². The third-order valence-corrected chi connectivity index (χ3v) is 5.30. The van der Waals surface area contributed by atoms with Crippen LogP contribution < -0.4 is 10.7 Å². The third-order valence-electron chi connectivity index (χ3n) is 4.89. The highest BCUT2D eigenvalue weighted by Gasteiger charge is 2.24. The Hall–Kier alpha value is -2.59. The van der Waals surface area contributed by atoms with Crippen molar-refractivity contribution in [3.8, 4) is 0 Å². The van der Waals surface area contributed by atoms with Crippen molar-refractivity contribution in [2.24, 2.45) is 0 Å². The topological polar surface area (TPSA) is 51.1 Å². The number of nitrogens with one attached hydrogen (secondary N) is 1. The second-order valence-electron chi connectivity index (χ2n) is 6.51. The number of hydrogen-bond acceptors (Lipinski definition) is 2. The predicted octanol–water partition coefficient (Wildman–Crippen LogP) is 4.33. The van der Waals surface area contributed by atoms with E-state index in [1.54, 1.807) is 30.5 Å². The lowest BCUT2D eigenvalue weighted by Crippen LogP contribution is -2.24. The van der Waals surface area contributed by atoms with E-state index in [-0.39, 0.29) is 17.0 Å². The molecule has 0 fully saturated rings. The number of rotatable bonds is 2. The van der Waals surface area contributed by atoms with E-state index in [1.807, 2.05) is 23.6 Å². The van der Waals surface area contributed by atoms with Gasteiger partial charge in [0.15, 0.2) is 0 Å². The average Bonchev–Trinajstić information content (AvgIpc) is 2.91. The standard InChI is InChI=1S/C20H17ClN2O2/c1-11-9-13-5-3-6-14-18(13)23(11)10-15(19(14)24)20(25)22-17-8-4-7-16(21)12(17)2/h3-8,10-11H,9H2,1-2H3,(H,22,25). The molecule has 2 heterocycles. The lowest BCUT2D eigenvalue weighted by molar-refractivity contribution is 0.102. The zero-order valence-electron chi connectivity index (χ0n) is 14.0. The molecule has 0 aliphatic carbocycles. The molecule has 1 amide bonds. The van der Waals surface area contributed by atoms with Crippen LogP contribution in [0.15, 0.2) is 47.4 Å². The lowest BCUT2D eigenvalue weighted by Gasteiger charge is -2.13. The molecule has 126 valence electrons. The summed E-state index contributed by atoms with van der Waals surface area (Å²) >= 11 is 6.11. The van der Waals surface area contributed by atoms with Crippen LogP contribution in [0.5, 0.6) is 0 Å². The van der Waals surface area contributed by atoms with Crippen molar-refractivity contribution in [3.63, 3.8) is 0 Å². The quantitative estimate of drug-likeness (QED) is 0.746. The molecule has 1 aliphatic heterocycles. The highest BCUT2D eigenvalue weighted by Crippen LogP contribution is 2.31. The van der Waals surface area contributed by atoms with E-state index in [4.69, 9.17) is 11.6 Å². The van der Waals surface area contributed by atoms with Gasteiger partial charge in [-0.3, -0.25) is 9.59 Å².